The van der Waals surface area contributed by atoms with Crippen molar-refractivity contribution in [1.82, 2.24) is 9.55 Å². The van der Waals surface area contributed by atoms with Crippen molar-refractivity contribution in [3.8, 4) is 5.88 Å². The Labute approximate surface area is 188 Å². The Balaban J connectivity index is 2.16. The number of fused-ring (bicyclic) bond motifs is 1. The number of anilines is 1. The zero-order valence-corrected chi connectivity index (χ0v) is 18.5. The first-order valence-corrected chi connectivity index (χ1v) is 10.2. The average molecular weight is 464 g/mol. The van der Waals surface area contributed by atoms with Crippen LogP contribution >= 0.6 is 11.6 Å². The largest absolute Gasteiger partial charge is 0.479 e. The molecule has 0 fully saturated rings. The molecule has 170 valence electrons. The van der Waals surface area contributed by atoms with Gasteiger partial charge in [-0.25, -0.2) is 9.18 Å². The first-order chi connectivity index (χ1) is 15.2. The lowest BCUT2D eigenvalue weighted by Gasteiger charge is -2.24. The molecule has 8 nitrogen and oxygen atoms in total. The van der Waals surface area contributed by atoms with Crippen molar-refractivity contribution in [2.24, 2.45) is 5.92 Å². The number of methoxy groups -OCH3 is 1. The van der Waals surface area contributed by atoms with Crippen molar-refractivity contribution in [3.05, 3.63) is 62.7 Å². The Kier molecular flexibility index (Phi) is 7.00. The number of nitrogens with one attached hydrogen (secondary N) is 1. The van der Waals surface area contributed by atoms with Crippen LogP contribution in [0.1, 0.15) is 35.8 Å². The molecule has 1 atom stereocenters. The van der Waals surface area contributed by atoms with Crippen molar-refractivity contribution >= 4 is 34.3 Å². The third kappa shape index (κ3) is 4.53. The van der Waals surface area contributed by atoms with Gasteiger partial charge in [0.15, 0.2) is 0 Å². The van der Waals surface area contributed by atoms with Crippen LogP contribution in [0.25, 0.3) is 11.0 Å². The van der Waals surface area contributed by atoms with Crippen LogP contribution in [0, 0.1) is 11.7 Å². The molecule has 2 aromatic heterocycles. The number of hydrogen-bond donors (Lipinski definition) is 3. The first kappa shape index (κ1) is 23.5. The predicted molar refractivity (Wildman–Crippen MR) is 119 cm³/mol. The molecular weight excluding hydrogens is 441 g/mol. The maximum atomic E-state index is 13.7. The molecule has 3 aromatic rings. The number of aliphatic hydroxyl groups is 1. The number of aliphatic hydroxyl groups excluding tert-OH is 1. The number of carboxylic acid groups (broad SMARTS) is 1. The predicted octanol–water partition coefficient (Wildman–Crippen LogP) is 3.70. The van der Waals surface area contributed by atoms with Crippen LogP contribution in [0.5, 0.6) is 5.88 Å². The van der Waals surface area contributed by atoms with E-state index in [1.54, 1.807) is 6.07 Å². The van der Waals surface area contributed by atoms with Crippen LogP contribution < -0.4 is 15.5 Å². The third-order valence-corrected chi connectivity index (χ3v) is 5.48. The van der Waals surface area contributed by atoms with Crippen LogP contribution in [-0.4, -0.2) is 39.5 Å². The number of pyridine rings is 2. The molecular formula is C22H23ClFN3O5. The highest BCUT2D eigenvalue weighted by molar-refractivity contribution is 6.30. The second kappa shape index (κ2) is 9.54. The number of hydrogen-bond acceptors (Lipinski definition) is 6. The minimum absolute atomic E-state index is 0.00374. The second-order valence-electron chi connectivity index (χ2n) is 7.60. The maximum absolute atomic E-state index is 13.7. The van der Waals surface area contributed by atoms with E-state index in [4.69, 9.17) is 16.3 Å². The Hall–Kier alpha value is -3.17. The number of aromatic carboxylic acids is 1. The van der Waals surface area contributed by atoms with Gasteiger partial charge in [-0.05, 0) is 29.7 Å². The van der Waals surface area contributed by atoms with Crippen LogP contribution in [0.15, 0.2) is 35.3 Å². The van der Waals surface area contributed by atoms with Gasteiger partial charge in [0.05, 0.1) is 35.9 Å². The summed E-state index contributed by atoms with van der Waals surface area (Å²) in [6.45, 7) is 3.63. The van der Waals surface area contributed by atoms with Gasteiger partial charge in [-0.1, -0.05) is 31.5 Å². The van der Waals surface area contributed by atoms with Crippen LogP contribution in [0.3, 0.4) is 0 Å². The molecule has 0 aliphatic heterocycles. The number of rotatable bonds is 8. The number of ether oxygens (including phenoxy) is 1. The monoisotopic (exact) mass is 463 g/mol. The fourth-order valence-electron chi connectivity index (χ4n) is 3.41. The molecule has 0 aliphatic carbocycles. The number of nitrogens with zero attached hydrogens (tertiary/aromatic N) is 2. The lowest BCUT2D eigenvalue weighted by molar-refractivity contribution is 0.0694. The molecule has 1 aromatic carbocycles. The fraction of sp³-hybridized carbons (Fsp3) is 0.318. The molecule has 32 heavy (non-hydrogen) atoms. The molecule has 0 radical (unpaired) electrons. The number of carboxylic acids is 1. The summed E-state index contributed by atoms with van der Waals surface area (Å²) in [6.07, 6.45) is 1.20. The van der Waals surface area contributed by atoms with Crippen molar-refractivity contribution in [1.29, 1.82) is 0 Å². The van der Waals surface area contributed by atoms with Gasteiger partial charge < -0.3 is 24.8 Å². The molecule has 0 bridgehead atoms. The van der Waals surface area contributed by atoms with E-state index >= 15 is 0 Å². The summed E-state index contributed by atoms with van der Waals surface area (Å²) in [5.41, 5.74) is -0.0422. The lowest BCUT2D eigenvalue weighted by Crippen LogP contribution is -2.26. The Morgan fingerprint density at radius 1 is 1.34 bits per heavy atom. The number of halogens is 2. The highest BCUT2D eigenvalue weighted by atomic mass is 35.5. The molecule has 2 heterocycles. The van der Waals surface area contributed by atoms with E-state index in [0.29, 0.717) is 11.3 Å². The van der Waals surface area contributed by atoms with Gasteiger partial charge >= 0.3 is 5.97 Å². The topological polar surface area (TPSA) is 114 Å². The Morgan fingerprint density at radius 3 is 2.62 bits per heavy atom. The molecule has 0 saturated carbocycles. The van der Waals surface area contributed by atoms with Gasteiger partial charge in [0.25, 0.3) is 0 Å². The summed E-state index contributed by atoms with van der Waals surface area (Å²) in [5.74, 6) is -1.86. The summed E-state index contributed by atoms with van der Waals surface area (Å²) < 4.78 is 20.6. The quantitative estimate of drug-likeness (QED) is 0.466. The SMILES string of the molecule is COc1nc2c(cc1NCc1ccc(Cl)c(F)c1)c(=O)c(C(=O)O)cn2[C@H](CO)C(C)C. The summed E-state index contributed by atoms with van der Waals surface area (Å²) in [4.78, 5) is 29.0. The highest BCUT2D eigenvalue weighted by Crippen LogP contribution is 2.29. The standard InChI is InChI=1S/C22H23ClFN3O5/c1-11(2)18(10-28)27-9-14(22(30)31)19(29)13-7-17(21(32-3)26-20(13)27)25-8-12-4-5-15(23)16(24)6-12/h4-7,9,11,18,25,28H,8,10H2,1-3H3,(H,30,31)/t18-/m1/s1. The third-order valence-electron chi connectivity index (χ3n) is 5.17. The zero-order valence-electron chi connectivity index (χ0n) is 17.7. The molecule has 0 saturated heterocycles. The van der Waals surface area contributed by atoms with E-state index in [2.05, 4.69) is 10.3 Å². The van der Waals surface area contributed by atoms with E-state index < -0.39 is 28.8 Å². The molecule has 0 amide bonds. The van der Waals surface area contributed by atoms with Gasteiger partial charge in [0, 0.05) is 12.7 Å². The zero-order chi connectivity index (χ0) is 23.6. The van der Waals surface area contributed by atoms with Crippen LogP contribution in [0.2, 0.25) is 5.02 Å². The fourth-order valence-corrected chi connectivity index (χ4v) is 3.53. The van der Waals surface area contributed by atoms with Crippen LogP contribution in [-0.2, 0) is 6.54 Å². The van der Waals surface area contributed by atoms with Crippen molar-refractivity contribution in [3.63, 3.8) is 0 Å². The average Bonchev–Trinajstić information content (AvgIpc) is 2.75. The van der Waals surface area contributed by atoms with Crippen molar-refractivity contribution in [2.45, 2.75) is 26.4 Å². The lowest BCUT2D eigenvalue weighted by atomic mass is 10.0. The van der Waals surface area contributed by atoms with Gasteiger partial charge in [-0.3, -0.25) is 4.79 Å². The van der Waals surface area contributed by atoms with Crippen LogP contribution in [0.4, 0.5) is 10.1 Å². The smallest absolute Gasteiger partial charge is 0.341 e. The Morgan fingerprint density at radius 2 is 2.06 bits per heavy atom. The number of aromatic nitrogens is 2. The van der Waals surface area contributed by atoms with Gasteiger partial charge in [-0.15, -0.1) is 0 Å². The van der Waals surface area contributed by atoms with Gasteiger partial charge in [0.2, 0.25) is 11.3 Å². The molecule has 3 rings (SSSR count). The maximum Gasteiger partial charge on any atom is 0.341 e. The molecule has 0 spiro atoms. The van der Waals surface area contributed by atoms with E-state index in [0.717, 1.165) is 0 Å². The first-order valence-electron chi connectivity index (χ1n) is 9.83. The van der Waals surface area contributed by atoms with E-state index in [1.165, 1.54) is 36.1 Å². The second-order valence-corrected chi connectivity index (χ2v) is 8.00. The normalized spacial score (nSPS) is 12.2. The van der Waals surface area contributed by atoms with E-state index in [9.17, 15) is 24.2 Å². The molecule has 3 N–H and O–H groups in total. The molecule has 0 unspecified atom stereocenters. The number of carbonyl (C=O) groups is 1. The summed E-state index contributed by atoms with van der Waals surface area (Å²) in [5, 5.41) is 22.5. The van der Waals surface area contributed by atoms with Crippen molar-refractivity contribution < 1.29 is 24.1 Å². The van der Waals surface area contributed by atoms with E-state index in [-0.39, 0.29) is 41.0 Å². The minimum atomic E-state index is -1.38. The Bertz CT molecular complexity index is 1230. The molecule has 0 aliphatic rings. The highest BCUT2D eigenvalue weighted by Gasteiger charge is 2.23. The summed E-state index contributed by atoms with van der Waals surface area (Å²) in [7, 11) is 1.40. The minimum Gasteiger partial charge on any atom is -0.479 e. The van der Waals surface area contributed by atoms with E-state index in [1.807, 2.05) is 13.8 Å². The van der Waals surface area contributed by atoms with Crippen molar-refractivity contribution in [2.75, 3.05) is 19.0 Å². The van der Waals surface area contributed by atoms with Gasteiger partial charge in [0.1, 0.15) is 17.0 Å². The summed E-state index contributed by atoms with van der Waals surface area (Å²) in [6, 6.07) is 5.30. The number of benzene rings is 1. The molecule has 10 heteroatoms. The summed E-state index contributed by atoms with van der Waals surface area (Å²) >= 11 is 5.71. The van der Waals surface area contributed by atoms with Gasteiger partial charge in [-0.2, -0.15) is 4.98 Å².